The van der Waals surface area contributed by atoms with Crippen molar-refractivity contribution < 1.29 is 0 Å². The maximum absolute atomic E-state index is 5.42. The average Bonchev–Trinajstić information content (AvgIpc) is 1.94. The van der Waals surface area contributed by atoms with Crippen molar-refractivity contribution in [2.75, 3.05) is 0 Å². The molecule has 9 heavy (non-hydrogen) atoms. The largest absolute Gasteiger partial charge is 0.399 e. The number of nitrogens with one attached hydrogen (secondary N) is 1. The van der Waals surface area contributed by atoms with Gasteiger partial charge in [-0.15, -0.1) is 12.4 Å². The van der Waals surface area contributed by atoms with Crippen LogP contribution in [0.3, 0.4) is 0 Å². The van der Waals surface area contributed by atoms with Gasteiger partial charge >= 0.3 is 0 Å². The summed E-state index contributed by atoms with van der Waals surface area (Å²) in [6.45, 7) is 0. The molecular formula is C6H9ClN2. The topological polar surface area (TPSA) is 38.0 Å². The van der Waals surface area contributed by atoms with E-state index in [9.17, 15) is 0 Å². The van der Waals surface area contributed by atoms with Crippen molar-refractivity contribution in [3.05, 3.63) is 36.3 Å². The van der Waals surface area contributed by atoms with E-state index in [1.807, 2.05) is 18.4 Å². The van der Waals surface area contributed by atoms with E-state index in [0.717, 1.165) is 5.70 Å². The molecule has 0 radical (unpaired) electrons. The Balaban J connectivity index is 0.000000640. The van der Waals surface area contributed by atoms with E-state index >= 15 is 0 Å². The monoisotopic (exact) mass is 144 g/mol. The third kappa shape index (κ3) is 2.82. The van der Waals surface area contributed by atoms with Gasteiger partial charge in [-0.2, -0.15) is 0 Å². The molecule has 0 aromatic carbocycles. The Bertz CT molecular complexity index is 158. The van der Waals surface area contributed by atoms with Crippen LogP contribution in [0.1, 0.15) is 0 Å². The summed E-state index contributed by atoms with van der Waals surface area (Å²) in [5.41, 5.74) is 6.19. The minimum atomic E-state index is 0. The fourth-order valence-electron chi connectivity index (χ4n) is 0.470. The first kappa shape index (κ1) is 8.11. The van der Waals surface area contributed by atoms with Gasteiger partial charge in [0.05, 0.1) is 0 Å². The standard InChI is InChI=1S/C6H8N2.ClH/c7-6-2-1-4-8-5-3-6;/h1-5,8H,7H2;1H. The molecule has 0 amide bonds. The molecule has 0 aromatic rings. The number of rotatable bonds is 0. The maximum Gasteiger partial charge on any atom is 0.0329 e. The lowest BCUT2D eigenvalue weighted by Gasteiger charge is -1.83. The lowest BCUT2D eigenvalue weighted by molar-refractivity contribution is 1.20. The number of hydrogen-bond acceptors (Lipinski definition) is 2. The van der Waals surface area contributed by atoms with Crippen LogP contribution in [0.2, 0.25) is 0 Å². The highest BCUT2D eigenvalue weighted by Crippen LogP contribution is 1.89. The van der Waals surface area contributed by atoms with Gasteiger partial charge in [-0.1, -0.05) is 0 Å². The van der Waals surface area contributed by atoms with Crippen molar-refractivity contribution in [2.24, 2.45) is 5.73 Å². The van der Waals surface area contributed by atoms with Gasteiger partial charge in [0.2, 0.25) is 0 Å². The summed E-state index contributed by atoms with van der Waals surface area (Å²) in [6.07, 6.45) is 9.09. The van der Waals surface area contributed by atoms with Crippen LogP contribution < -0.4 is 11.1 Å². The fraction of sp³-hybridized carbons (Fsp3) is 0. The number of hydrogen-bond donors (Lipinski definition) is 2. The van der Waals surface area contributed by atoms with Gasteiger partial charge in [-0.05, 0) is 18.2 Å². The molecule has 0 atom stereocenters. The molecule has 3 N–H and O–H groups in total. The van der Waals surface area contributed by atoms with Gasteiger partial charge < -0.3 is 11.1 Å². The summed E-state index contributed by atoms with van der Waals surface area (Å²) in [5, 5.41) is 2.88. The lowest BCUT2D eigenvalue weighted by atomic mass is 10.4. The van der Waals surface area contributed by atoms with Crippen molar-refractivity contribution in [2.45, 2.75) is 0 Å². The van der Waals surface area contributed by atoms with Crippen molar-refractivity contribution >= 4 is 12.4 Å². The normalized spacial score (nSPS) is 14.9. The third-order valence-corrected chi connectivity index (χ3v) is 0.853. The highest BCUT2D eigenvalue weighted by atomic mass is 35.5. The molecule has 2 nitrogen and oxygen atoms in total. The van der Waals surface area contributed by atoms with Gasteiger partial charge in [0, 0.05) is 18.1 Å². The van der Waals surface area contributed by atoms with E-state index < -0.39 is 0 Å². The van der Waals surface area contributed by atoms with Gasteiger partial charge in [0.15, 0.2) is 0 Å². The van der Waals surface area contributed by atoms with Gasteiger partial charge in [-0.3, -0.25) is 0 Å². The van der Waals surface area contributed by atoms with Gasteiger partial charge in [-0.25, -0.2) is 0 Å². The highest BCUT2D eigenvalue weighted by molar-refractivity contribution is 5.85. The van der Waals surface area contributed by atoms with E-state index in [1.54, 1.807) is 12.3 Å². The number of nitrogens with two attached hydrogens (primary N) is 1. The minimum Gasteiger partial charge on any atom is -0.399 e. The second kappa shape index (κ2) is 4.04. The average molecular weight is 145 g/mol. The van der Waals surface area contributed by atoms with E-state index in [0.29, 0.717) is 0 Å². The first-order valence-corrected chi connectivity index (χ1v) is 2.44. The predicted octanol–water partition coefficient (Wildman–Crippen LogP) is 0.881. The Kier molecular flexibility index (Phi) is 3.64. The Hall–Kier alpha value is -0.890. The van der Waals surface area contributed by atoms with Crippen LogP contribution in [-0.2, 0) is 0 Å². The fourth-order valence-corrected chi connectivity index (χ4v) is 0.470. The second-order valence-electron chi connectivity index (χ2n) is 1.53. The molecule has 1 heterocycles. The molecule has 50 valence electrons. The summed E-state index contributed by atoms with van der Waals surface area (Å²) in [6, 6.07) is 0. The summed E-state index contributed by atoms with van der Waals surface area (Å²) >= 11 is 0. The zero-order chi connectivity index (χ0) is 5.82. The molecule has 0 saturated heterocycles. The van der Waals surface area contributed by atoms with Crippen molar-refractivity contribution in [3.8, 4) is 0 Å². The first-order valence-electron chi connectivity index (χ1n) is 2.44. The summed E-state index contributed by atoms with van der Waals surface area (Å²) < 4.78 is 0. The first-order chi connectivity index (χ1) is 3.89. The molecule has 0 aliphatic carbocycles. The van der Waals surface area contributed by atoms with Gasteiger partial charge in [0.1, 0.15) is 0 Å². The molecule has 0 saturated carbocycles. The quantitative estimate of drug-likeness (QED) is 0.530. The van der Waals surface area contributed by atoms with Crippen LogP contribution in [0.5, 0.6) is 0 Å². The zero-order valence-corrected chi connectivity index (χ0v) is 5.69. The number of halogens is 1. The van der Waals surface area contributed by atoms with Crippen molar-refractivity contribution in [3.63, 3.8) is 0 Å². The Morgan fingerprint density at radius 3 is 2.89 bits per heavy atom. The predicted molar refractivity (Wildman–Crippen MR) is 40.9 cm³/mol. The van der Waals surface area contributed by atoms with Crippen molar-refractivity contribution in [1.82, 2.24) is 5.32 Å². The minimum absolute atomic E-state index is 0. The zero-order valence-electron chi connectivity index (χ0n) is 4.87. The van der Waals surface area contributed by atoms with Crippen LogP contribution in [0.4, 0.5) is 0 Å². The van der Waals surface area contributed by atoms with E-state index in [1.165, 1.54) is 0 Å². The van der Waals surface area contributed by atoms with Crippen LogP contribution >= 0.6 is 12.4 Å². The molecule has 0 aromatic heterocycles. The Labute approximate surface area is 60.5 Å². The highest BCUT2D eigenvalue weighted by Gasteiger charge is 1.79. The Morgan fingerprint density at radius 1 is 1.33 bits per heavy atom. The van der Waals surface area contributed by atoms with Crippen LogP contribution in [0.25, 0.3) is 0 Å². The Morgan fingerprint density at radius 2 is 2.11 bits per heavy atom. The van der Waals surface area contributed by atoms with Crippen LogP contribution in [0, 0.1) is 0 Å². The van der Waals surface area contributed by atoms with E-state index in [-0.39, 0.29) is 12.4 Å². The molecule has 0 spiro atoms. The summed E-state index contributed by atoms with van der Waals surface area (Å²) in [5.74, 6) is 0. The lowest BCUT2D eigenvalue weighted by Crippen LogP contribution is -1.92. The van der Waals surface area contributed by atoms with E-state index in [2.05, 4.69) is 5.32 Å². The van der Waals surface area contributed by atoms with E-state index in [4.69, 9.17) is 5.73 Å². The molecular weight excluding hydrogens is 136 g/mol. The third-order valence-electron chi connectivity index (χ3n) is 0.853. The molecule has 0 fully saturated rings. The molecule has 0 unspecified atom stereocenters. The maximum atomic E-state index is 5.42. The SMILES string of the molecule is Cl.NC1=CC=CNC=C1. The second-order valence-corrected chi connectivity index (χ2v) is 1.53. The van der Waals surface area contributed by atoms with Crippen LogP contribution in [0.15, 0.2) is 36.3 Å². The molecule has 3 heteroatoms. The van der Waals surface area contributed by atoms with Crippen LogP contribution in [-0.4, -0.2) is 0 Å². The molecule has 0 bridgehead atoms. The molecule has 1 rings (SSSR count). The number of allylic oxidation sites excluding steroid dienone is 3. The van der Waals surface area contributed by atoms with Gasteiger partial charge in [0.25, 0.3) is 0 Å². The van der Waals surface area contributed by atoms with Crippen molar-refractivity contribution in [1.29, 1.82) is 0 Å². The smallest absolute Gasteiger partial charge is 0.0329 e. The molecule has 1 aliphatic heterocycles. The summed E-state index contributed by atoms with van der Waals surface area (Å²) in [7, 11) is 0. The summed E-state index contributed by atoms with van der Waals surface area (Å²) in [4.78, 5) is 0. The molecule has 1 aliphatic rings.